The Morgan fingerprint density at radius 2 is 2.10 bits per heavy atom. The fraction of sp³-hybridized carbons (Fsp3) is 0.500. The zero-order valence-electron chi connectivity index (χ0n) is 11.5. The Kier molecular flexibility index (Phi) is 5.43. The number of hydrogen-bond acceptors (Lipinski definition) is 3. The molecule has 1 saturated heterocycles. The Morgan fingerprint density at radius 1 is 1.45 bits per heavy atom. The lowest BCUT2D eigenvalue weighted by Gasteiger charge is -2.34. The number of ether oxygens (including phenoxy) is 1. The van der Waals surface area contributed by atoms with Crippen molar-refractivity contribution in [2.45, 2.75) is 26.1 Å². The number of nitrogens with one attached hydrogen (secondary N) is 1. The van der Waals surface area contributed by atoms with Gasteiger partial charge in [0.05, 0.1) is 29.5 Å². The zero-order valence-corrected chi connectivity index (χ0v) is 13.9. The van der Waals surface area contributed by atoms with Gasteiger partial charge in [-0.3, -0.25) is 9.69 Å². The van der Waals surface area contributed by atoms with Crippen LogP contribution in [0.4, 0.5) is 5.69 Å². The van der Waals surface area contributed by atoms with Crippen molar-refractivity contribution in [3.63, 3.8) is 0 Å². The predicted molar refractivity (Wildman–Crippen MR) is 84.2 cm³/mol. The number of amides is 1. The van der Waals surface area contributed by atoms with E-state index < -0.39 is 0 Å². The molecule has 1 aromatic rings. The van der Waals surface area contributed by atoms with Crippen molar-refractivity contribution in [1.82, 2.24) is 4.90 Å². The Bertz CT molecular complexity index is 488. The number of benzene rings is 1. The summed E-state index contributed by atoms with van der Waals surface area (Å²) >= 11 is 9.42. The van der Waals surface area contributed by atoms with E-state index in [1.165, 1.54) is 0 Å². The Hall–Kier alpha value is -0.620. The third-order valence-electron chi connectivity index (χ3n) is 3.07. The minimum absolute atomic E-state index is 0.0597. The summed E-state index contributed by atoms with van der Waals surface area (Å²) in [4.78, 5) is 14.2. The molecule has 0 unspecified atom stereocenters. The van der Waals surface area contributed by atoms with E-state index in [1.807, 2.05) is 19.9 Å². The highest BCUT2D eigenvalue weighted by atomic mass is 79.9. The molecule has 1 aliphatic heterocycles. The fourth-order valence-electron chi connectivity index (χ4n) is 2.40. The summed E-state index contributed by atoms with van der Waals surface area (Å²) in [7, 11) is 0. The molecule has 0 bridgehead atoms. The van der Waals surface area contributed by atoms with E-state index in [-0.39, 0.29) is 18.1 Å². The van der Waals surface area contributed by atoms with Crippen LogP contribution >= 0.6 is 27.5 Å². The van der Waals surface area contributed by atoms with Gasteiger partial charge in [-0.25, -0.2) is 0 Å². The number of hydrogen-bond donors (Lipinski definition) is 1. The summed E-state index contributed by atoms with van der Waals surface area (Å²) in [6.07, 6.45) is 0.311. The van der Waals surface area contributed by atoms with E-state index in [1.54, 1.807) is 12.1 Å². The second kappa shape index (κ2) is 6.89. The smallest absolute Gasteiger partial charge is 0.238 e. The molecule has 0 spiro atoms. The summed E-state index contributed by atoms with van der Waals surface area (Å²) in [6, 6.07) is 5.39. The average molecular weight is 362 g/mol. The van der Waals surface area contributed by atoms with Gasteiger partial charge in [-0.05, 0) is 32.0 Å². The first-order chi connectivity index (χ1) is 9.44. The lowest BCUT2D eigenvalue weighted by Crippen LogP contribution is -2.48. The molecule has 0 aliphatic carbocycles. The first-order valence-corrected chi connectivity index (χ1v) is 7.74. The Morgan fingerprint density at radius 3 is 2.70 bits per heavy atom. The van der Waals surface area contributed by atoms with Gasteiger partial charge in [0.1, 0.15) is 0 Å². The normalized spacial score (nSPS) is 23.6. The van der Waals surface area contributed by atoms with E-state index >= 15 is 0 Å². The molecule has 110 valence electrons. The predicted octanol–water partition coefficient (Wildman–Crippen LogP) is 3.15. The van der Waals surface area contributed by atoms with E-state index in [4.69, 9.17) is 16.3 Å². The number of carbonyl (C=O) groups excluding carboxylic acids is 1. The lowest BCUT2D eigenvalue weighted by atomic mass is 10.2. The van der Waals surface area contributed by atoms with Crippen molar-refractivity contribution in [2.75, 3.05) is 25.0 Å². The molecule has 1 aromatic carbocycles. The highest BCUT2D eigenvalue weighted by Crippen LogP contribution is 2.25. The van der Waals surface area contributed by atoms with Gasteiger partial charge in [-0.2, -0.15) is 0 Å². The van der Waals surface area contributed by atoms with Crippen LogP contribution in [0.25, 0.3) is 0 Å². The molecule has 20 heavy (non-hydrogen) atoms. The molecular weight excluding hydrogens is 344 g/mol. The number of carbonyl (C=O) groups is 1. The molecule has 4 nitrogen and oxygen atoms in total. The van der Waals surface area contributed by atoms with E-state index in [2.05, 4.69) is 26.1 Å². The van der Waals surface area contributed by atoms with Crippen LogP contribution in [0.5, 0.6) is 0 Å². The van der Waals surface area contributed by atoms with Gasteiger partial charge in [-0.1, -0.05) is 27.5 Å². The molecule has 0 aromatic heterocycles. The fourth-order valence-corrected chi connectivity index (χ4v) is 3.12. The molecule has 0 radical (unpaired) electrons. The highest BCUT2D eigenvalue weighted by Gasteiger charge is 2.23. The molecule has 0 saturated carbocycles. The van der Waals surface area contributed by atoms with Crippen molar-refractivity contribution in [3.05, 3.63) is 27.7 Å². The number of anilines is 1. The van der Waals surface area contributed by atoms with Crippen molar-refractivity contribution in [2.24, 2.45) is 0 Å². The van der Waals surface area contributed by atoms with Crippen molar-refractivity contribution in [1.29, 1.82) is 0 Å². The number of nitrogens with zero attached hydrogens (tertiary/aromatic N) is 1. The Balaban J connectivity index is 1.92. The van der Waals surface area contributed by atoms with E-state index in [9.17, 15) is 4.79 Å². The quantitative estimate of drug-likeness (QED) is 0.899. The largest absolute Gasteiger partial charge is 0.373 e. The van der Waals surface area contributed by atoms with Gasteiger partial charge >= 0.3 is 0 Å². The van der Waals surface area contributed by atoms with Crippen LogP contribution < -0.4 is 5.32 Å². The second-order valence-corrected chi connectivity index (χ2v) is 6.45. The van der Waals surface area contributed by atoms with Gasteiger partial charge in [0, 0.05) is 17.6 Å². The van der Waals surface area contributed by atoms with Crippen LogP contribution in [-0.2, 0) is 9.53 Å². The van der Waals surface area contributed by atoms with Gasteiger partial charge in [0.15, 0.2) is 0 Å². The zero-order chi connectivity index (χ0) is 14.7. The summed E-state index contributed by atoms with van der Waals surface area (Å²) in [6.45, 7) is 5.93. The van der Waals surface area contributed by atoms with Crippen LogP contribution in [0.3, 0.4) is 0 Å². The minimum Gasteiger partial charge on any atom is -0.373 e. The Labute approximate surface area is 132 Å². The summed E-state index contributed by atoms with van der Waals surface area (Å²) in [5.41, 5.74) is 0.634. The number of morpholine rings is 1. The molecule has 1 aliphatic rings. The van der Waals surface area contributed by atoms with Crippen LogP contribution in [0.1, 0.15) is 13.8 Å². The minimum atomic E-state index is -0.0597. The number of rotatable bonds is 3. The van der Waals surface area contributed by atoms with E-state index in [0.717, 1.165) is 17.6 Å². The second-order valence-electron chi connectivity index (χ2n) is 5.12. The first kappa shape index (κ1) is 15.8. The molecule has 1 amide bonds. The SMILES string of the molecule is C[C@@H]1CN(CC(=O)Nc2ccc(Br)cc2Cl)C[C@@H](C)O1. The molecule has 1 heterocycles. The van der Waals surface area contributed by atoms with Crippen molar-refractivity contribution >= 4 is 39.1 Å². The molecule has 2 rings (SSSR count). The summed E-state index contributed by atoms with van der Waals surface area (Å²) in [5.74, 6) is -0.0597. The average Bonchev–Trinajstić information content (AvgIpc) is 2.31. The van der Waals surface area contributed by atoms with Crippen LogP contribution in [0, 0.1) is 0 Å². The standard InChI is InChI=1S/C14H18BrClN2O2/c1-9-6-18(7-10(2)20-9)8-14(19)17-13-4-3-11(15)5-12(13)16/h3-5,9-10H,6-8H2,1-2H3,(H,17,19)/t9-,10-/m1/s1. The monoisotopic (exact) mass is 360 g/mol. The van der Waals surface area contributed by atoms with Gasteiger partial charge in [-0.15, -0.1) is 0 Å². The maximum atomic E-state index is 12.1. The van der Waals surface area contributed by atoms with Crippen LogP contribution in [0.2, 0.25) is 5.02 Å². The topological polar surface area (TPSA) is 41.6 Å². The number of halogens is 2. The van der Waals surface area contributed by atoms with Gasteiger partial charge < -0.3 is 10.1 Å². The van der Waals surface area contributed by atoms with Crippen molar-refractivity contribution < 1.29 is 9.53 Å². The van der Waals surface area contributed by atoms with Crippen molar-refractivity contribution in [3.8, 4) is 0 Å². The first-order valence-electron chi connectivity index (χ1n) is 6.56. The molecule has 1 N–H and O–H groups in total. The van der Waals surface area contributed by atoms with Crippen LogP contribution in [-0.4, -0.2) is 42.6 Å². The highest BCUT2D eigenvalue weighted by molar-refractivity contribution is 9.10. The maximum absolute atomic E-state index is 12.1. The van der Waals surface area contributed by atoms with Gasteiger partial charge in [0.25, 0.3) is 0 Å². The summed E-state index contributed by atoms with van der Waals surface area (Å²) in [5, 5.41) is 3.36. The van der Waals surface area contributed by atoms with Crippen LogP contribution in [0.15, 0.2) is 22.7 Å². The molecule has 1 fully saturated rings. The molecule has 2 atom stereocenters. The van der Waals surface area contributed by atoms with E-state index in [0.29, 0.717) is 17.3 Å². The maximum Gasteiger partial charge on any atom is 0.238 e. The molecular formula is C14H18BrClN2O2. The molecule has 6 heteroatoms. The lowest BCUT2D eigenvalue weighted by molar-refractivity contribution is -0.121. The third-order valence-corrected chi connectivity index (χ3v) is 3.87. The third kappa shape index (κ3) is 4.45. The summed E-state index contributed by atoms with van der Waals surface area (Å²) < 4.78 is 6.53. The van der Waals surface area contributed by atoms with Gasteiger partial charge in [0.2, 0.25) is 5.91 Å².